The minimum atomic E-state index is -1.05. The number of barbiturate groups is 1. The molecule has 1 saturated heterocycles. The number of nitrogens with one attached hydrogen (secondary N) is 1. The highest BCUT2D eigenvalue weighted by Gasteiger charge is 2.50. The zero-order valence-corrected chi connectivity index (χ0v) is 11.4. The van der Waals surface area contributed by atoms with Crippen LogP contribution in [0.2, 0.25) is 0 Å². The number of hydrogen-bond donors (Lipinski definition) is 1. The molecule has 0 bridgehead atoms. The molecule has 1 aliphatic heterocycles. The molecular weight excluding hydrogens is 232 g/mol. The number of hydrogen-bond acceptors (Lipinski definition) is 3. The molecule has 4 amide bonds. The van der Waals surface area contributed by atoms with E-state index in [9.17, 15) is 14.4 Å². The smallest absolute Gasteiger partial charge is 0.277 e. The van der Waals surface area contributed by atoms with Crippen molar-refractivity contribution in [2.45, 2.75) is 52.4 Å². The van der Waals surface area contributed by atoms with Crippen molar-refractivity contribution in [3.05, 3.63) is 0 Å². The quantitative estimate of drug-likeness (QED) is 0.583. The molecule has 102 valence electrons. The number of amides is 4. The lowest BCUT2D eigenvalue weighted by atomic mass is 9.76. The Labute approximate surface area is 108 Å². The third-order valence-electron chi connectivity index (χ3n) is 3.73. The van der Waals surface area contributed by atoms with Gasteiger partial charge in [0.1, 0.15) is 5.41 Å². The van der Waals surface area contributed by atoms with E-state index in [1.54, 1.807) is 0 Å². The Bertz CT molecular complexity index is 354. The van der Waals surface area contributed by atoms with Gasteiger partial charge in [0, 0.05) is 7.05 Å². The van der Waals surface area contributed by atoms with Gasteiger partial charge in [0.05, 0.1) is 0 Å². The number of rotatable bonds is 6. The molecule has 18 heavy (non-hydrogen) atoms. The second-order valence-corrected chi connectivity index (χ2v) is 4.87. The van der Waals surface area contributed by atoms with Gasteiger partial charge >= 0.3 is 6.03 Å². The summed E-state index contributed by atoms with van der Waals surface area (Å²) in [4.78, 5) is 36.6. The van der Waals surface area contributed by atoms with Gasteiger partial charge in [-0.2, -0.15) is 0 Å². The van der Waals surface area contributed by atoms with E-state index in [0.29, 0.717) is 12.8 Å². The molecule has 0 radical (unpaired) electrons. The van der Waals surface area contributed by atoms with Gasteiger partial charge < -0.3 is 0 Å². The van der Waals surface area contributed by atoms with Crippen molar-refractivity contribution in [1.82, 2.24) is 10.2 Å². The molecule has 0 aromatic heterocycles. The highest BCUT2D eigenvalue weighted by atomic mass is 16.2. The van der Waals surface area contributed by atoms with Crippen LogP contribution in [0, 0.1) is 5.41 Å². The fraction of sp³-hybridized carbons (Fsp3) is 0.769. The fourth-order valence-electron chi connectivity index (χ4n) is 2.37. The molecule has 5 heteroatoms. The van der Waals surface area contributed by atoms with Crippen molar-refractivity contribution in [3.8, 4) is 0 Å². The second kappa shape index (κ2) is 5.98. The van der Waals surface area contributed by atoms with Crippen LogP contribution >= 0.6 is 0 Å². The summed E-state index contributed by atoms with van der Waals surface area (Å²) in [5.41, 5.74) is -1.05. The number of unbranched alkanes of at least 4 members (excludes halogenated alkanes) is 3. The molecule has 1 aliphatic rings. The van der Waals surface area contributed by atoms with E-state index in [-0.39, 0.29) is 5.91 Å². The van der Waals surface area contributed by atoms with Crippen molar-refractivity contribution in [3.63, 3.8) is 0 Å². The minimum absolute atomic E-state index is 0.366. The first-order valence-corrected chi connectivity index (χ1v) is 6.63. The van der Waals surface area contributed by atoms with E-state index < -0.39 is 17.4 Å². The number of urea groups is 1. The average molecular weight is 254 g/mol. The van der Waals surface area contributed by atoms with Crippen LogP contribution in [-0.4, -0.2) is 29.8 Å². The molecule has 1 heterocycles. The summed E-state index contributed by atoms with van der Waals surface area (Å²) < 4.78 is 0. The highest BCUT2D eigenvalue weighted by molar-refractivity contribution is 6.18. The Hall–Kier alpha value is -1.39. The maximum absolute atomic E-state index is 12.2. The Balaban J connectivity index is 2.80. The first-order chi connectivity index (χ1) is 8.49. The first kappa shape index (κ1) is 14.7. The SMILES string of the molecule is CCCCCCC1(CC)C(=O)NC(=O)N(C)C1=O. The zero-order chi connectivity index (χ0) is 13.8. The van der Waals surface area contributed by atoms with Crippen LogP contribution in [0.3, 0.4) is 0 Å². The van der Waals surface area contributed by atoms with Crippen LogP contribution in [0.25, 0.3) is 0 Å². The summed E-state index contributed by atoms with van der Waals surface area (Å²) in [5, 5.41) is 2.27. The van der Waals surface area contributed by atoms with Gasteiger partial charge in [0.15, 0.2) is 0 Å². The van der Waals surface area contributed by atoms with E-state index in [4.69, 9.17) is 0 Å². The van der Waals surface area contributed by atoms with E-state index >= 15 is 0 Å². The number of carbonyl (C=O) groups is 3. The van der Waals surface area contributed by atoms with Crippen LogP contribution in [0.4, 0.5) is 4.79 Å². The fourth-order valence-corrected chi connectivity index (χ4v) is 2.37. The van der Waals surface area contributed by atoms with E-state index in [2.05, 4.69) is 12.2 Å². The molecule has 0 saturated carbocycles. The van der Waals surface area contributed by atoms with Crippen molar-refractivity contribution < 1.29 is 14.4 Å². The van der Waals surface area contributed by atoms with Crippen LogP contribution in [0.1, 0.15) is 52.4 Å². The van der Waals surface area contributed by atoms with E-state index in [1.165, 1.54) is 7.05 Å². The summed E-state index contributed by atoms with van der Waals surface area (Å²) in [6, 6.07) is -0.623. The predicted octanol–water partition coefficient (Wildman–Crippen LogP) is 2.06. The predicted molar refractivity (Wildman–Crippen MR) is 67.8 cm³/mol. The topological polar surface area (TPSA) is 66.5 Å². The van der Waals surface area contributed by atoms with Crippen molar-refractivity contribution in [2.75, 3.05) is 7.05 Å². The lowest BCUT2D eigenvalue weighted by molar-refractivity contribution is -0.151. The molecule has 1 N–H and O–H groups in total. The normalized spacial score (nSPS) is 24.4. The Kier molecular flexibility index (Phi) is 4.87. The van der Waals surface area contributed by atoms with Gasteiger partial charge in [-0.1, -0.05) is 39.5 Å². The molecule has 1 fully saturated rings. The Morgan fingerprint density at radius 3 is 2.33 bits per heavy atom. The molecule has 0 spiro atoms. The maximum Gasteiger partial charge on any atom is 0.330 e. The molecule has 0 aliphatic carbocycles. The van der Waals surface area contributed by atoms with Gasteiger partial charge in [-0.25, -0.2) is 4.79 Å². The van der Waals surface area contributed by atoms with Crippen molar-refractivity contribution in [1.29, 1.82) is 0 Å². The molecular formula is C13H22N2O3. The molecule has 0 aromatic carbocycles. The lowest BCUT2D eigenvalue weighted by Crippen LogP contribution is -2.62. The monoisotopic (exact) mass is 254 g/mol. The number of imide groups is 2. The molecule has 1 unspecified atom stereocenters. The minimum Gasteiger partial charge on any atom is -0.277 e. The third kappa shape index (κ3) is 2.54. The van der Waals surface area contributed by atoms with Crippen molar-refractivity contribution >= 4 is 17.8 Å². The molecule has 1 rings (SSSR count). The highest BCUT2D eigenvalue weighted by Crippen LogP contribution is 2.34. The van der Waals surface area contributed by atoms with Crippen LogP contribution in [0.5, 0.6) is 0 Å². The summed E-state index contributed by atoms with van der Waals surface area (Å²) in [6.07, 6.45) is 5.01. The van der Waals surface area contributed by atoms with Crippen LogP contribution in [0.15, 0.2) is 0 Å². The molecule has 0 aromatic rings. The van der Waals surface area contributed by atoms with Crippen LogP contribution < -0.4 is 5.32 Å². The standard InChI is InChI=1S/C13H22N2O3/c1-4-6-7-8-9-13(5-2)10(16)14-12(18)15(3)11(13)17/h4-9H2,1-3H3,(H,14,16,18). The maximum atomic E-state index is 12.2. The van der Waals surface area contributed by atoms with E-state index in [1.807, 2.05) is 6.92 Å². The van der Waals surface area contributed by atoms with Gasteiger partial charge in [-0.3, -0.25) is 19.8 Å². The van der Waals surface area contributed by atoms with Crippen molar-refractivity contribution in [2.24, 2.45) is 5.41 Å². The number of carbonyl (C=O) groups excluding carboxylic acids is 3. The number of nitrogens with zero attached hydrogens (tertiary/aromatic N) is 1. The lowest BCUT2D eigenvalue weighted by Gasteiger charge is -2.37. The third-order valence-corrected chi connectivity index (χ3v) is 3.73. The van der Waals surface area contributed by atoms with Gasteiger partial charge in [-0.05, 0) is 12.8 Å². The first-order valence-electron chi connectivity index (χ1n) is 6.63. The zero-order valence-electron chi connectivity index (χ0n) is 11.4. The van der Waals surface area contributed by atoms with Gasteiger partial charge in [0.25, 0.3) is 0 Å². The molecule has 5 nitrogen and oxygen atoms in total. The Morgan fingerprint density at radius 2 is 1.78 bits per heavy atom. The molecule has 1 atom stereocenters. The van der Waals surface area contributed by atoms with Gasteiger partial charge in [-0.15, -0.1) is 0 Å². The van der Waals surface area contributed by atoms with Crippen LogP contribution in [-0.2, 0) is 9.59 Å². The largest absolute Gasteiger partial charge is 0.330 e. The average Bonchev–Trinajstić information content (AvgIpc) is 2.36. The Morgan fingerprint density at radius 1 is 1.11 bits per heavy atom. The summed E-state index contributed by atoms with van der Waals surface area (Å²) in [5.74, 6) is -0.801. The second-order valence-electron chi connectivity index (χ2n) is 4.87. The van der Waals surface area contributed by atoms with Gasteiger partial charge in [0.2, 0.25) is 11.8 Å². The summed E-state index contributed by atoms with van der Waals surface area (Å²) >= 11 is 0. The summed E-state index contributed by atoms with van der Waals surface area (Å²) in [6.45, 7) is 3.93. The summed E-state index contributed by atoms with van der Waals surface area (Å²) in [7, 11) is 1.42. The van der Waals surface area contributed by atoms with E-state index in [0.717, 1.165) is 30.6 Å².